The van der Waals surface area contributed by atoms with Gasteiger partial charge in [0.2, 0.25) is 0 Å². The number of para-hydroxylation sites is 1. The third-order valence-corrected chi connectivity index (χ3v) is 2.68. The Morgan fingerprint density at radius 3 is 3.00 bits per heavy atom. The summed E-state index contributed by atoms with van der Waals surface area (Å²) in [4.78, 5) is 4.15. The van der Waals surface area contributed by atoms with Crippen molar-refractivity contribution < 1.29 is 14.0 Å². The number of aliphatic hydroxyl groups excluding tert-OH is 1. The molecule has 1 atom stereocenters. The summed E-state index contributed by atoms with van der Waals surface area (Å²) in [6.07, 6.45) is 1.56. The fourth-order valence-corrected chi connectivity index (χ4v) is 1.72. The van der Waals surface area contributed by atoms with E-state index >= 15 is 0 Å². The van der Waals surface area contributed by atoms with Crippen LogP contribution in [0.15, 0.2) is 39.5 Å². The van der Waals surface area contributed by atoms with Gasteiger partial charge >= 0.3 is 0 Å². The van der Waals surface area contributed by atoms with Crippen LogP contribution in [-0.4, -0.2) is 21.9 Å². The molecule has 0 aliphatic heterocycles. The minimum atomic E-state index is -0.638. The van der Waals surface area contributed by atoms with Crippen LogP contribution in [0.2, 0.25) is 0 Å². The van der Waals surface area contributed by atoms with E-state index in [2.05, 4.69) is 10.1 Å². The fourth-order valence-electron chi connectivity index (χ4n) is 1.72. The number of hydrogen-bond acceptors (Lipinski definition) is 6. The average molecular weight is 245 g/mol. The SMILES string of the molecule is NC(CO)c1noc(-c2coc3ccccc23)n1. The lowest BCUT2D eigenvalue weighted by Gasteiger charge is -1.98. The van der Waals surface area contributed by atoms with Gasteiger partial charge in [0.1, 0.15) is 11.8 Å². The Bertz CT molecular complexity index is 674. The summed E-state index contributed by atoms with van der Waals surface area (Å²) in [6, 6.07) is 6.91. The molecular weight excluding hydrogens is 234 g/mol. The van der Waals surface area contributed by atoms with E-state index in [1.54, 1.807) is 6.26 Å². The molecule has 6 nitrogen and oxygen atoms in total. The lowest BCUT2D eigenvalue weighted by atomic mass is 10.2. The van der Waals surface area contributed by atoms with Gasteiger partial charge in [-0.25, -0.2) is 0 Å². The van der Waals surface area contributed by atoms with Gasteiger partial charge in [-0.3, -0.25) is 0 Å². The first-order chi connectivity index (χ1) is 8.79. The number of furan rings is 1. The lowest BCUT2D eigenvalue weighted by Crippen LogP contribution is -2.15. The maximum absolute atomic E-state index is 8.93. The monoisotopic (exact) mass is 245 g/mol. The molecule has 6 heteroatoms. The third kappa shape index (κ3) is 1.68. The number of aliphatic hydroxyl groups is 1. The Morgan fingerprint density at radius 2 is 2.17 bits per heavy atom. The van der Waals surface area contributed by atoms with Crippen molar-refractivity contribution in [2.24, 2.45) is 5.73 Å². The first-order valence-corrected chi connectivity index (χ1v) is 5.46. The highest BCUT2D eigenvalue weighted by Gasteiger charge is 2.17. The Labute approximate surface area is 102 Å². The molecular formula is C12H11N3O3. The van der Waals surface area contributed by atoms with Gasteiger partial charge in [-0.1, -0.05) is 23.4 Å². The smallest absolute Gasteiger partial charge is 0.261 e. The number of hydrogen-bond donors (Lipinski definition) is 2. The summed E-state index contributed by atoms with van der Waals surface area (Å²) in [5.74, 6) is 0.608. The number of nitrogens with zero attached hydrogens (tertiary/aromatic N) is 2. The topological polar surface area (TPSA) is 98.3 Å². The molecule has 92 valence electrons. The normalized spacial score (nSPS) is 13.0. The summed E-state index contributed by atoms with van der Waals surface area (Å²) < 4.78 is 10.5. The molecule has 2 heterocycles. The van der Waals surface area contributed by atoms with E-state index in [-0.39, 0.29) is 12.4 Å². The van der Waals surface area contributed by atoms with Gasteiger partial charge in [-0.05, 0) is 6.07 Å². The van der Waals surface area contributed by atoms with Crippen molar-refractivity contribution >= 4 is 11.0 Å². The van der Waals surface area contributed by atoms with E-state index in [9.17, 15) is 0 Å². The van der Waals surface area contributed by atoms with Gasteiger partial charge in [-0.2, -0.15) is 4.98 Å². The highest BCUT2D eigenvalue weighted by atomic mass is 16.5. The fraction of sp³-hybridized carbons (Fsp3) is 0.167. The largest absolute Gasteiger partial charge is 0.463 e. The number of aromatic nitrogens is 2. The van der Waals surface area contributed by atoms with E-state index in [1.165, 1.54) is 0 Å². The molecule has 0 saturated heterocycles. The van der Waals surface area contributed by atoms with Crippen molar-refractivity contribution in [1.82, 2.24) is 10.1 Å². The molecule has 18 heavy (non-hydrogen) atoms. The van der Waals surface area contributed by atoms with Crippen molar-refractivity contribution in [2.45, 2.75) is 6.04 Å². The van der Waals surface area contributed by atoms with Crippen LogP contribution in [0, 0.1) is 0 Å². The molecule has 3 aromatic rings. The number of fused-ring (bicyclic) bond motifs is 1. The second-order valence-corrected chi connectivity index (χ2v) is 3.89. The minimum Gasteiger partial charge on any atom is -0.463 e. The number of nitrogens with two attached hydrogens (primary N) is 1. The summed E-state index contributed by atoms with van der Waals surface area (Å²) in [7, 11) is 0. The van der Waals surface area contributed by atoms with Crippen LogP contribution in [0.4, 0.5) is 0 Å². The molecule has 0 fully saturated rings. The summed E-state index contributed by atoms with van der Waals surface area (Å²) in [5, 5.41) is 13.6. The zero-order chi connectivity index (χ0) is 12.5. The third-order valence-electron chi connectivity index (χ3n) is 2.68. The van der Waals surface area contributed by atoms with Crippen molar-refractivity contribution in [3.05, 3.63) is 36.4 Å². The van der Waals surface area contributed by atoms with Crippen molar-refractivity contribution in [3.8, 4) is 11.5 Å². The zero-order valence-corrected chi connectivity index (χ0v) is 9.41. The molecule has 3 rings (SSSR count). The number of benzene rings is 1. The molecule has 0 aliphatic rings. The van der Waals surface area contributed by atoms with Gasteiger partial charge < -0.3 is 19.8 Å². The van der Waals surface area contributed by atoms with Crippen molar-refractivity contribution in [2.75, 3.05) is 6.61 Å². The van der Waals surface area contributed by atoms with Crippen LogP contribution in [-0.2, 0) is 0 Å². The minimum absolute atomic E-state index is 0.231. The van der Waals surface area contributed by atoms with Crippen LogP contribution < -0.4 is 5.73 Å². The van der Waals surface area contributed by atoms with Gasteiger partial charge in [-0.15, -0.1) is 0 Å². The Hall–Kier alpha value is -2.18. The molecule has 3 N–H and O–H groups in total. The van der Waals surface area contributed by atoms with E-state index in [0.717, 1.165) is 16.5 Å². The summed E-state index contributed by atoms with van der Waals surface area (Å²) in [5.41, 5.74) is 7.08. The van der Waals surface area contributed by atoms with E-state index in [4.69, 9.17) is 19.8 Å². The molecule has 0 aliphatic carbocycles. The standard InChI is InChI=1S/C12H11N3O3/c13-9(5-16)11-14-12(18-15-11)8-6-17-10-4-2-1-3-7(8)10/h1-4,6,9,16H,5,13H2. The predicted octanol–water partition coefficient (Wildman–Crippen LogP) is 1.47. The van der Waals surface area contributed by atoms with Crippen molar-refractivity contribution in [1.29, 1.82) is 0 Å². The van der Waals surface area contributed by atoms with Gasteiger partial charge in [0.05, 0.1) is 18.2 Å². The van der Waals surface area contributed by atoms with Gasteiger partial charge in [0.15, 0.2) is 5.82 Å². The molecule has 0 radical (unpaired) electrons. The maximum Gasteiger partial charge on any atom is 0.261 e. The second-order valence-electron chi connectivity index (χ2n) is 3.89. The van der Waals surface area contributed by atoms with E-state index in [1.807, 2.05) is 24.3 Å². The van der Waals surface area contributed by atoms with Gasteiger partial charge in [0.25, 0.3) is 5.89 Å². The van der Waals surface area contributed by atoms with Crippen molar-refractivity contribution in [3.63, 3.8) is 0 Å². The molecule has 0 saturated carbocycles. The molecule has 0 amide bonds. The lowest BCUT2D eigenvalue weighted by molar-refractivity contribution is 0.260. The zero-order valence-electron chi connectivity index (χ0n) is 9.41. The first kappa shape index (κ1) is 10.9. The average Bonchev–Trinajstić information content (AvgIpc) is 3.03. The molecule has 1 unspecified atom stereocenters. The first-order valence-electron chi connectivity index (χ1n) is 5.46. The Kier molecular flexibility index (Phi) is 2.58. The quantitative estimate of drug-likeness (QED) is 0.725. The van der Waals surface area contributed by atoms with Crippen LogP contribution in [0.25, 0.3) is 22.4 Å². The second kappa shape index (κ2) is 4.25. The highest BCUT2D eigenvalue weighted by molar-refractivity contribution is 5.91. The van der Waals surface area contributed by atoms with Crippen LogP contribution in [0.5, 0.6) is 0 Å². The van der Waals surface area contributed by atoms with Gasteiger partial charge in [0, 0.05) is 5.39 Å². The molecule has 1 aromatic carbocycles. The number of rotatable bonds is 3. The van der Waals surface area contributed by atoms with E-state index < -0.39 is 6.04 Å². The van der Waals surface area contributed by atoms with Crippen LogP contribution in [0.3, 0.4) is 0 Å². The maximum atomic E-state index is 8.93. The Morgan fingerprint density at radius 1 is 1.33 bits per heavy atom. The molecule has 0 spiro atoms. The highest BCUT2D eigenvalue weighted by Crippen LogP contribution is 2.29. The van der Waals surface area contributed by atoms with E-state index in [0.29, 0.717) is 5.89 Å². The predicted molar refractivity (Wildman–Crippen MR) is 63.5 cm³/mol. The van der Waals surface area contributed by atoms with Crippen LogP contribution in [0.1, 0.15) is 11.9 Å². The van der Waals surface area contributed by atoms with Crippen LogP contribution >= 0.6 is 0 Å². The summed E-state index contributed by atoms with van der Waals surface area (Å²) in [6.45, 7) is -0.231. The Balaban J connectivity index is 2.07. The molecule has 2 aromatic heterocycles. The molecule has 0 bridgehead atoms. The summed E-state index contributed by atoms with van der Waals surface area (Å²) >= 11 is 0.